The first-order valence-corrected chi connectivity index (χ1v) is 7.66. The Morgan fingerprint density at radius 1 is 1.15 bits per heavy atom. The van der Waals surface area contributed by atoms with Crippen LogP contribution in [0.4, 0.5) is 5.69 Å². The molecule has 3 heteroatoms. The summed E-state index contributed by atoms with van der Waals surface area (Å²) >= 11 is 0. The fourth-order valence-corrected chi connectivity index (χ4v) is 2.01. The summed E-state index contributed by atoms with van der Waals surface area (Å²) < 4.78 is 0. The van der Waals surface area contributed by atoms with Gasteiger partial charge in [0.2, 0.25) is 5.91 Å². The van der Waals surface area contributed by atoms with E-state index in [1.165, 1.54) is 5.56 Å². The molecule has 0 spiro atoms. The first-order valence-electron chi connectivity index (χ1n) is 7.66. The number of amides is 1. The van der Waals surface area contributed by atoms with E-state index in [0.29, 0.717) is 5.92 Å². The second-order valence-electron chi connectivity index (χ2n) is 5.79. The standard InChI is InChI=1S/C17H28N2O/c1-5-6-15-7-9-16(10-8-15)19-14(4)17(20)18-12-11-13(2)3/h7-10,13-14,19H,5-6,11-12H2,1-4H3,(H,18,20). The van der Waals surface area contributed by atoms with Crippen molar-refractivity contribution in [2.24, 2.45) is 5.92 Å². The maximum absolute atomic E-state index is 11.9. The smallest absolute Gasteiger partial charge is 0.242 e. The molecule has 1 amide bonds. The van der Waals surface area contributed by atoms with Crippen molar-refractivity contribution in [3.05, 3.63) is 29.8 Å². The number of carbonyl (C=O) groups is 1. The highest BCUT2D eigenvalue weighted by Gasteiger charge is 2.11. The molecule has 0 fully saturated rings. The summed E-state index contributed by atoms with van der Waals surface area (Å²) in [6.45, 7) is 9.13. The second-order valence-corrected chi connectivity index (χ2v) is 5.79. The third-order valence-electron chi connectivity index (χ3n) is 3.29. The molecule has 0 radical (unpaired) electrons. The Morgan fingerprint density at radius 2 is 1.80 bits per heavy atom. The minimum absolute atomic E-state index is 0.0586. The van der Waals surface area contributed by atoms with E-state index in [1.807, 2.05) is 19.1 Å². The molecule has 0 aromatic heterocycles. The normalized spacial score (nSPS) is 12.2. The Hall–Kier alpha value is -1.51. The summed E-state index contributed by atoms with van der Waals surface area (Å²) in [7, 11) is 0. The molecule has 1 atom stereocenters. The van der Waals surface area contributed by atoms with Gasteiger partial charge in [-0.2, -0.15) is 0 Å². The molecule has 1 unspecified atom stereocenters. The van der Waals surface area contributed by atoms with Gasteiger partial charge in [-0.25, -0.2) is 0 Å². The molecule has 1 aromatic carbocycles. The van der Waals surface area contributed by atoms with Gasteiger partial charge in [-0.3, -0.25) is 4.79 Å². The number of rotatable bonds is 8. The number of benzene rings is 1. The molecule has 0 aliphatic carbocycles. The van der Waals surface area contributed by atoms with E-state index >= 15 is 0 Å². The molecule has 112 valence electrons. The molecule has 0 saturated carbocycles. The van der Waals surface area contributed by atoms with Crippen LogP contribution in [-0.4, -0.2) is 18.5 Å². The monoisotopic (exact) mass is 276 g/mol. The summed E-state index contributed by atoms with van der Waals surface area (Å²) in [5.41, 5.74) is 2.34. The number of aryl methyl sites for hydroxylation is 1. The van der Waals surface area contributed by atoms with Gasteiger partial charge >= 0.3 is 0 Å². The number of hydrogen-bond donors (Lipinski definition) is 2. The van der Waals surface area contributed by atoms with E-state index < -0.39 is 0 Å². The van der Waals surface area contributed by atoms with E-state index in [1.54, 1.807) is 0 Å². The SMILES string of the molecule is CCCc1ccc(NC(C)C(=O)NCCC(C)C)cc1. The zero-order chi connectivity index (χ0) is 15.0. The Labute approximate surface area is 123 Å². The minimum atomic E-state index is -0.209. The van der Waals surface area contributed by atoms with E-state index in [9.17, 15) is 4.79 Å². The van der Waals surface area contributed by atoms with Crippen LogP contribution in [0.1, 0.15) is 46.1 Å². The molecule has 20 heavy (non-hydrogen) atoms. The lowest BCUT2D eigenvalue weighted by Crippen LogP contribution is -2.38. The Morgan fingerprint density at radius 3 is 2.35 bits per heavy atom. The first-order chi connectivity index (χ1) is 9.52. The van der Waals surface area contributed by atoms with Crippen LogP contribution < -0.4 is 10.6 Å². The van der Waals surface area contributed by atoms with Gasteiger partial charge < -0.3 is 10.6 Å². The van der Waals surface area contributed by atoms with Gasteiger partial charge in [0.15, 0.2) is 0 Å². The average molecular weight is 276 g/mol. The van der Waals surface area contributed by atoms with E-state index in [0.717, 1.165) is 31.5 Å². The molecule has 0 saturated heterocycles. The van der Waals surface area contributed by atoms with Crippen LogP contribution in [0.3, 0.4) is 0 Å². The van der Waals surface area contributed by atoms with Crippen molar-refractivity contribution in [1.29, 1.82) is 0 Å². The van der Waals surface area contributed by atoms with E-state index in [4.69, 9.17) is 0 Å². The number of anilines is 1. The molecule has 1 aromatic rings. The van der Waals surface area contributed by atoms with Crippen molar-refractivity contribution in [3.8, 4) is 0 Å². The largest absolute Gasteiger partial charge is 0.374 e. The molecule has 1 rings (SSSR count). The fourth-order valence-electron chi connectivity index (χ4n) is 2.01. The quantitative estimate of drug-likeness (QED) is 0.761. The fraction of sp³-hybridized carbons (Fsp3) is 0.588. The number of hydrogen-bond acceptors (Lipinski definition) is 2. The van der Waals surface area contributed by atoms with Crippen LogP contribution in [-0.2, 0) is 11.2 Å². The van der Waals surface area contributed by atoms with Crippen molar-refractivity contribution in [3.63, 3.8) is 0 Å². The van der Waals surface area contributed by atoms with Gasteiger partial charge in [-0.1, -0.05) is 39.3 Å². The van der Waals surface area contributed by atoms with Gasteiger partial charge in [0, 0.05) is 12.2 Å². The first kappa shape index (κ1) is 16.5. The summed E-state index contributed by atoms with van der Waals surface area (Å²) in [6, 6.07) is 8.12. The van der Waals surface area contributed by atoms with Crippen molar-refractivity contribution in [1.82, 2.24) is 5.32 Å². The molecular formula is C17H28N2O. The van der Waals surface area contributed by atoms with Gasteiger partial charge in [0.25, 0.3) is 0 Å². The van der Waals surface area contributed by atoms with Crippen LogP contribution in [0.5, 0.6) is 0 Å². The Kier molecular flexibility index (Phi) is 7.13. The van der Waals surface area contributed by atoms with Crippen LogP contribution in [0, 0.1) is 5.92 Å². The molecule has 0 bridgehead atoms. The lowest BCUT2D eigenvalue weighted by molar-refractivity contribution is -0.121. The second kappa shape index (κ2) is 8.62. The molecule has 0 heterocycles. The zero-order valence-electron chi connectivity index (χ0n) is 13.2. The van der Waals surface area contributed by atoms with Gasteiger partial charge in [-0.15, -0.1) is 0 Å². The van der Waals surface area contributed by atoms with Crippen LogP contribution in [0.15, 0.2) is 24.3 Å². The van der Waals surface area contributed by atoms with Gasteiger partial charge in [-0.05, 0) is 43.4 Å². The third kappa shape index (κ3) is 6.09. The molecule has 0 aliphatic rings. The highest BCUT2D eigenvalue weighted by atomic mass is 16.2. The van der Waals surface area contributed by atoms with Crippen LogP contribution in [0.25, 0.3) is 0 Å². The topological polar surface area (TPSA) is 41.1 Å². The summed E-state index contributed by atoms with van der Waals surface area (Å²) in [5, 5.41) is 6.20. The summed E-state index contributed by atoms with van der Waals surface area (Å²) in [5.74, 6) is 0.674. The maximum Gasteiger partial charge on any atom is 0.242 e. The van der Waals surface area contributed by atoms with Crippen molar-refractivity contribution in [2.75, 3.05) is 11.9 Å². The molecule has 2 N–H and O–H groups in total. The molecular weight excluding hydrogens is 248 g/mol. The minimum Gasteiger partial charge on any atom is -0.374 e. The van der Waals surface area contributed by atoms with Crippen molar-refractivity contribution >= 4 is 11.6 Å². The third-order valence-corrected chi connectivity index (χ3v) is 3.29. The number of nitrogens with one attached hydrogen (secondary N) is 2. The van der Waals surface area contributed by atoms with Gasteiger partial charge in [0.1, 0.15) is 6.04 Å². The predicted octanol–water partition coefficient (Wildman–Crippen LogP) is 3.60. The maximum atomic E-state index is 11.9. The van der Waals surface area contributed by atoms with E-state index in [-0.39, 0.29) is 11.9 Å². The Bertz CT molecular complexity index is 398. The Balaban J connectivity index is 2.40. The highest BCUT2D eigenvalue weighted by molar-refractivity contribution is 5.84. The van der Waals surface area contributed by atoms with Crippen LogP contribution >= 0.6 is 0 Å². The highest BCUT2D eigenvalue weighted by Crippen LogP contribution is 2.12. The van der Waals surface area contributed by atoms with E-state index in [2.05, 4.69) is 43.5 Å². The lowest BCUT2D eigenvalue weighted by Gasteiger charge is -2.16. The number of carbonyl (C=O) groups excluding carboxylic acids is 1. The molecule has 0 aliphatic heterocycles. The average Bonchev–Trinajstić information content (AvgIpc) is 2.40. The predicted molar refractivity (Wildman–Crippen MR) is 86.0 cm³/mol. The summed E-state index contributed by atoms with van der Waals surface area (Å²) in [4.78, 5) is 11.9. The van der Waals surface area contributed by atoms with Crippen LogP contribution in [0.2, 0.25) is 0 Å². The lowest BCUT2D eigenvalue weighted by atomic mass is 10.1. The van der Waals surface area contributed by atoms with Gasteiger partial charge in [0.05, 0.1) is 0 Å². The molecule has 3 nitrogen and oxygen atoms in total. The summed E-state index contributed by atoms with van der Waals surface area (Å²) in [6.07, 6.45) is 3.27. The zero-order valence-corrected chi connectivity index (χ0v) is 13.2. The van der Waals surface area contributed by atoms with Crippen molar-refractivity contribution < 1.29 is 4.79 Å². The van der Waals surface area contributed by atoms with Crippen molar-refractivity contribution in [2.45, 2.75) is 53.0 Å².